The quantitative estimate of drug-likeness (QED) is 0.636. The molecule has 0 aliphatic carbocycles. The van der Waals surface area contributed by atoms with Crippen molar-refractivity contribution >= 4 is 41.1 Å². The van der Waals surface area contributed by atoms with E-state index >= 15 is 0 Å². The summed E-state index contributed by atoms with van der Waals surface area (Å²) in [5.41, 5.74) is 0.392. The largest absolute Gasteiger partial charge is 0.451 e. The van der Waals surface area contributed by atoms with E-state index < -0.39 is 24.0 Å². The van der Waals surface area contributed by atoms with E-state index in [2.05, 4.69) is 10.6 Å². The van der Waals surface area contributed by atoms with E-state index in [-0.39, 0.29) is 5.91 Å². The van der Waals surface area contributed by atoms with Gasteiger partial charge in [0, 0.05) is 17.1 Å². The molecule has 0 saturated heterocycles. The SMILES string of the molecule is CCNC(=O)[C@H](C)OC(=O)[C@@H](CCSC)NC(=O)c1ccc(Cl)cc1. The van der Waals surface area contributed by atoms with E-state index in [0.717, 1.165) is 0 Å². The van der Waals surface area contributed by atoms with Gasteiger partial charge in [-0.25, -0.2) is 4.79 Å². The van der Waals surface area contributed by atoms with Crippen LogP contribution in [0.5, 0.6) is 0 Å². The van der Waals surface area contributed by atoms with Gasteiger partial charge in [-0.3, -0.25) is 9.59 Å². The van der Waals surface area contributed by atoms with Crippen LogP contribution in [-0.2, 0) is 14.3 Å². The number of amides is 2. The number of hydrogen-bond acceptors (Lipinski definition) is 5. The Kier molecular flexibility index (Phi) is 9.37. The summed E-state index contributed by atoms with van der Waals surface area (Å²) in [4.78, 5) is 36.3. The number of carbonyl (C=O) groups excluding carboxylic acids is 3. The third-order valence-corrected chi connectivity index (χ3v) is 4.22. The van der Waals surface area contributed by atoms with Crippen LogP contribution in [0.15, 0.2) is 24.3 Å². The summed E-state index contributed by atoms with van der Waals surface area (Å²) in [5.74, 6) is -0.736. The number of nitrogens with one attached hydrogen (secondary N) is 2. The fourth-order valence-corrected chi connectivity index (χ4v) is 2.55. The molecule has 2 N–H and O–H groups in total. The molecule has 1 rings (SSSR count). The van der Waals surface area contributed by atoms with Crippen molar-refractivity contribution in [1.82, 2.24) is 10.6 Å². The van der Waals surface area contributed by atoms with Crippen LogP contribution < -0.4 is 10.6 Å². The number of benzene rings is 1. The van der Waals surface area contributed by atoms with Crippen molar-refractivity contribution < 1.29 is 19.1 Å². The van der Waals surface area contributed by atoms with Gasteiger partial charge < -0.3 is 15.4 Å². The fourth-order valence-electron chi connectivity index (χ4n) is 1.96. The van der Waals surface area contributed by atoms with E-state index in [4.69, 9.17) is 16.3 Å². The van der Waals surface area contributed by atoms with Gasteiger partial charge in [-0.05, 0) is 56.5 Å². The molecular weight excluding hydrogens is 364 g/mol. The first-order valence-electron chi connectivity index (χ1n) is 7.92. The number of halogens is 1. The molecule has 0 aromatic heterocycles. The first kappa shape index (κ1) is 21.3. The lowest BCUT2D eigenvalue weighted by molar-refractivity contribution is -0.156. The molecule has 0 aliphatic heterocycles. The van der Waals surface area contributed by atoms with Gasteiger partial charge in [-0.2, -0.15) is 11.8 Å². The van der Waals surface area contributed by atoms with E-state index in [1.165, 1.54) is 6.92 Å². The van der Waals surface area contributed by atoms with Crippen molar-refractivity contribution in [2.45, 2.75) is 32.4 Å². The van der Waals surface area contributed by atoms with Crippen LogP contribution in [0, 0.1) is 0 Å². The summed E-state index contributed by atoms with van der Waals surface area (Å²) in [6.45, 7) is 3.72. The average molecular weight is 387 g/mol. The first-order valence-corrected chi connectivity index (χ1v) is 9.69. The molecular formula is C17H23ClN2O4S. The van der Waals surface area contributed by atoms with Crippen molar-refractivity contribution in [3.8, 4) is 0 Å². The Hall–Kier alpha value is -1.73. The number of hydrogen-bond donors (Lipinski definition) is 2. The third kappa shape index (κ3) is 7.36. The summed E-state index contributed by atoms with van der Waals surface area (Å²) < 4.78 is 5.18. The van der Waals surface area contributed by atoms with Gasteiger partial charge in [-0.15, -0.1) is 0 Å². The maximum absolute atomic E-state index is 12.3. The van der Waals surface area contributed by atoms with Crippen LogP contribution in [0.4, 0.5) is 0 Å². The number of esters is 1. The molecule has 0 radical (unpaired) electrons. The second kappa shape index (κ2) is 11.0. The fraction of sp³-hybridized carbons (Fsp3) is 0.471. The number of carbonyl (C=O) groups is 3. The van der Waals surface area contributed by atoms with Crippen molar-refractivity contribution in [1.29, 1.82) is 0 Å². The zero-order valence-electron chi connectivity index (χ0n) is 14.5. The number of likely N-dealkylation sites (N-methyl/N-ethyl adjacent to an activating group) is 1. The number of ether oxygens (including phenoxy) is 1. The number of thioether (sulfide) groups is 1. The summed E-state index contributed by atoms with van der Waals surface area (Å²) in [7, 11) is 0. The molecule has 0 bridgehead atoms. The van der Waals surface area contributed by atoms with Crippen LogP contribution in [0.3, 0.4) is 0 Å². The maximum Gasteiger partial charge on any atom is 0.329 e. The molecule has 6 nitrogen and oxygen atoms in total. The molecule has 0 heterocycles. The highest BCUT2D eigenvalue weighted by Gasteiger charge is 2.26. The standard InChI is InChI=1S/C17H23ClN2O4S/c1-4-19-15(21)11(2)24-17(23)14(9-10-25-3)20-16(22)12-5-7-13(18)8-6-12/h5-8,11,14H,4,9-10H2,1-3H3,(H,19,21)(H,20,22)/t11-,14+/m0/s1. The highest BCUT2D eigenvalue weighted by atomic mass is 35.5. The van der Waals surface area contributed by atoms with Gasteiger partial charge in [0.15, 0.2) is 6.10 Å². The van der Waals surface area contributed by atoms with Gasteiger partial charge >= 0.3 is 5.97 Å². The summed E-state index contributed by atoms with van der Waals surface area (Å²) >= 11 is 7.36. The van der Waals surface area contributed by atoms with Crippen LogP contribution in [0.1, 0.15) is 30.6 Å². The topological polar surface area (TPSA) is 84.5 Å². The Bertz CT molecular complexity index is 595. The van der Waals surface area contributed by atoms with Gasteiger partial charge in [-0.1, -0.05) is 11.6 Å². The molecule has 1 aromatic rings. The van der Waals surface area contributed by atoms with Gasteiger partial charge in [0.05, 0.1) is 0 Å². The normalized spacial score (nSPS) is 12.8. The van der Waals surface area contributed by atoms with Gasteiger partial charge in [0.1, 0.15) is 6.04 Å². The Morgan fingerprint density at radius 3 is 2.44 bits per heavy atom. The highest BCUT2D eigenvalue weighted by Crippen LogP contribution is 2.11. The van der Waals surface area contributed by atoms with Crippen molar-refractivity contribution in [3.63, 3.8) is 0 Å². The van der Waals surface area contributed by atoms with Crippen molar-refractivity contribution in [2.24, 2.45) is 0 Å². The van der Waals surface area contributed by atoms with Crippen LogP contribution in [-0.4, -0.2) is 48.5 Å². The zero-order valence-corrected chi connectivity index (χ0v) is 16.1. The first-order chi connectivity index (χ1) is 11.9. The minimum absolute atomic E-state index is 0.372. The molecule has 1 aromatic carbocycles. The second-order valence-electron chi connectivity index (χ2n) is 5.29. The Morgan fingerprint density at radius 1 is 1.24 bits per heavy atom. The maximum atomic E-state index is 12.3. The Balaban J connectivity index is 2.74. The van der Waals surface area contributed by atoms with E-state index in [0.29, 0.717) is 29.3 Å². The van der Waals surface area contributed by atoms with Crippen molar-refractivity contribution in [3.05, 3.63) is 34.9 Å². The van der Waals surface area contributed by atoms with E-state index in [9.17, 15) is 14.4 Å². The zero-order chi connectivity index (χ0) is 18.8. The summed E-state index contributed by atoms with van der Waals surface area (Å²) in [6, 6.07) is 5.52. The molecule has 0 fully saturated rings. The van der Waals surface area contributed by atoms with Gasteiger partial charge in [0.2, 0.25) is 0 Å². The smallest absolute Gasteiger partial charge is 0.329 e. The minimum Gasteiger partial charge on any atom is -0.451 e. The monoisotopic (exact) mass is 386 g/mol. The summed E-state index contributed by atoms with van der Waals surface area (Å²) in [5, 5.41) is 5.77. The third-order valence-electron chi connectivity index (χ3n) is 3.32. The molecule has 25 heavy (non-hydrogen) atoms. The van der Waals surface area contributed by atoms with Crippen molar-refractivity contribution in [2.75, 3.05) is 18.6 Å². The number of rotatable bonds is 9. The average Bonchev–Trinajstić information content (AvgIpc) is 2.58. The molecule has 2 atom stereocenters. The lowest BCUT2D eigenvalue weighted by atomic mass is 10.1. The minimum atomic E-state index is -0.920. The summed E-state index contributed by atoms with van der Waals surface area (Å²) in [6.07, 6.45) is 1.39. The molecule has 2 amide bonds. The molecule has 0 unspecified atom stereocenters. The second-order valence-corrected chi connectivity index (χ2v) is 6.71. The van der Waals surface area contributed by atoms with Crippen LogP contribution >= 0.6 is 23.4 Å². The predicted octanol–water partition coefficient (Wildman–Crippen LogP) is 2.26. The van der Waals surface area contributed by atoms with E-state index in [1.54, 1.807) is 43.0 Å². The molecule has 0 aliphatic rings. The van der Waals surface area contributed by atoms with Gasteiger partial charge in [0.25, 0.3) is 11.8 Å². The lowest BCUT2D eigenvalue weighted by Gasteiger charge is -2.20. The highest BCUT2D eigenvalue weighted by molar-refractivity contribution is 7.98. The Morgan fingerprint density at radius 2 is 1.88 bits per heavy atom. The predicted molar refractivity (Wildman–Crippen MR) is 99.9 cm³/mol. The molecule has 138 valence electrons. The molecule has 0 saturated carbocycles. The lowest BCUT2D eigenvalue weighted by Crippen LogP contribution is -2.45. The Labute approximate surface area is 157 Å². The molecule has 8 heteroatoms. The van der Waals surface area contributed by atoms with Crippen LogP contribution in [0.25, 0.3) is 0 Å². The van der Waals surface area contributed by atoms with Crippen LogP contribution in [0.2, 0.25) is 5.02 Å². The molecule has 0 spiro atoms. The van der Waals surface area contributed by atoms with E-state index in [1.807, 2.05) is 6.26 Å².